The lowest BCUT2D eigenvalue weighted by Gasteiger charge is -1.96. The molecule has 1 heterocycles. The van der Waals surface area contributed by atoms with Gasteiger partial charge in [-0.3, -0.25) is 0 Å². The van der Waals surface area contributed by atoms with Crippen molar-refractivity contribution in [2.45, 2.75) is 6.92 Å². The van der Waals surface area contributed by atoms with Crippen LogP contribution in [0, 0.1) is 6.92 Å². The highest BCUT2D eigenvalue weighted by Gasteiger charge is 1.89. The van der Waals surface area contributed by atoms with Crippen molar-refractivity contribution in [1.29, 1.82) is 0 Å². The first-order valence-electron chi connectivity index (χ1n) is 4.93. The first-order valence-corrected chi connectivity index (χ1v) is 7.25. The van der Waals surface area contributed by atoms with E-state index in [9.17, 15) is 0 Å². The molecule has 0 fully saturated rings. The van der Waals surface area contributed by atoms with Gasteiger partial charge in [0.15, 0.2) is 0 Å². The highest BCUT2D eigenvalue weighted by molar-refractivity contribution is 14.2. The molecule has 0 bridgehead atoms. The van der Waals surface area contributed by atoms with Gasteiger partial charge in [-0.15, -0.1) is 0 Å². The highest BCUT2D eigenvalue weighted by Crippen LogP contribution is 2.12. The largest absolute Gasteiger partial charge is 0.0856 e. The van der Waals surface area contributed by atoms with Crippen molar-refractivity contribution < 1.29 is 0 Å². The number of allylic oxidation sites excluding steroid dienone is 4. The maximum Gasteiger partial charge on any atom is 0.00771 e. The topological polar surface area (TPSA) is 0 Å². The first kappa shape index (κ1) is 10.6. The predicted octanol–water partition coefficient (Wildman–Crippen LogP) is 4.23. The van der Waals surface area contributed by atoms with Crippen molar-refractivity contribution in [3.05, 3.63) is 63.8 Å². The molecule has 0 saturated heterocycles. The number of aryl methyl sites for hydroxylation is 1. The maximum atomic E-state index is 2.29. The maximum absolute atomic E-state index is 2.29. The Morgan fingerprint density at radius 2 is 1.80 bits per heavy atom. The number of hydrogen-bond acceptors (Lipinski definition) is 0. The SMILES string of the molecule is Cc1ccc(/C=C/C2=IC=CC=C2)cc1. The van der Waals surface area contributed by atoms with Crippen LogP contribution in [0.25, 0.3) is 6.08 Å². The van der Waals surface area contributed by atoms with Crippen LogP contribution < -0.4 is 0 Å². The fourth-order valence-corrected chi connectivity index (χ4v) is 2.95. The van der Waals surface area contributed by atoms with E-state index in [4.69, 9.17) is 0 Å². The molecule has 76 valence electrons. The van der Waals surface area contributed by atoms with Gasteiger partial charge in [-0.2, -0.15) is 0 Å². The van der Waals surface area contributed by atoms with Crippen LogP contribution in [0.3, 0.4) is 0 Å². The molecule has 1 aromatic rings. The lowest BCUT2D eigenvalue weighted by Crippen LogP contribution is -1.83. The molecule has 0 aliphatic carbocycles. The van der Waals surface area contributed by atoms with Gasteiger partial charge in [-0.05, 0) is 28.7 Å². The average molecular weight is 308 g/mol. The van der Waals surface area contributed by atoms with Crippen LogP contribution in [-0.4, -0.2) is 3.51 Å². The predicted molar refractivity (Wildman–Crippen MR) is 77.5 cm³/mol. The fourth-order valence-electron chi connectivity index (χ4n) is 1.28. The fraction of sp³-hybridized carbons (Fsp3) is 0.0714. The van der Waals surface area contributed by atoms with Crippen molar-refractivity contribution in [2.24, 2.45) is 0 Å². The van der Waals surface area contributed by atoms with E-state index < -0.39 is 0 Å². The standard InChI is InChI=1S/C14H13I/c1-12-5-7-13(8-6-12)9-10-14-4-2-3-11-15-14/h2-11H,1H3/b10-9+. The third kappa shape index (κ3) is 3.27. The summed E-state index contributed by atoms with van der Waals surface area (Å²) < 4.78 is 3.75. The molecule has 0 atom stereocenters. The Morgan fingerprint density at radius 1 is 1.00 bits per heavy atom. The molecule has 0 nitrogen and oxygen atoms in total. The van der Waals surface area contributed by atoms with Crippen molar-refractivity contribution in [3.8, 4) is 0 Å². The minimum absolute atomic E-state index is 0.107. The summed E-state index contributed by atoms with van der Waals surface area (Å²) in [6.45, 7) is 2.11. The number of benzene rings is 1. The summed E-state index contributed by atoms with van der Waals surface area (Å²) in [5.41, 5.74) is 2.59. The Morgan fingerprint density at radius 3 is 2.47 bits per heavy atom. The van der Waals surface area contributed by atoms with E-state index >= 15 is 0 Å². The molecule has 0 unspecified atom stereocenters. The van der Waals surface area contributed by atoms with Crippen molar-refractivity contribution in [2.75, 3.05) is 0 Å². The Kier molecular flexibility index (Phi) is 3.67. The van der Waals surface area contributed by atoms with E-state index in [1.165, 1.54) is 14.6 Å². The molecule has 0 saturated carbocycles. The van der Waals surface area contributed by atoms with Gasteiger partial charge in [0, 0.05) is 3.51 Å². The summed E-state index contributed by atoms with van der Waals surface area (Å²) in [5.74, 6) is 0. The van der Waals surface area contributed by atoms with Crippen molar-refractivity contribution in [3.63, 3.8) is 0 Å². The molecule has 0 spiro atoms. The van der Waals surface area contributed by atoms with Gasteiger partial charge in [-0.25, -0.2) is 0 Å². The van der Waals surface area contributed by atoms with Crippen molar-refractivity contribution >= 4 is 30.3 Å². The molecule has 1 heteroatoms. The Bertz CT molecular complexity index is 445. The van der Waals surface area contributed by atoms with Gasteiger partial charge in [0.05, 0.1) is 0 Å². The minimum Gasteiger partial charge on any atom is -0.0856 e. The van der Waals surface area contributed by atoms with Crippen LogP contribution in [-0.2, 0) is 0 Å². The molecule has 1 aliphatic rings. The third-order valence-electron chi connectivity index (χ3n) is 2.14. The van der Waals surface area contributed by atoms with Gasteiger partial charge in [-0.1, -0.05) is 68.8 Å². The van der Waals surface area contributed by atoms with Crippen LogP contribution in [0.4, 0.5) is 0 Å². The number of rotatable bonds is 2. The molecule has 1 aromatic carbocycles. The molecular formula is C14H13I. The number of hydrogen-bond donors (Lipinski definition) is 0. The summed E-state index contributed by atoms with van der Waals surface area (Å²) in [4.78, 5) is 0. The van der Waals surface area contributed by atoms with E-state index in [0.29, 0.717) is 0 Å². The highest BCUT2D eigenvalue weighted by atomic mass is 127. The third-order valence-corrected chi connectivity index (χ3v) is 4.35. The summed E-state index contributed by atoms with van der Waals surface area (Å²) in [5, 5.41) is 0. The zero-order valence-corrected chi connectivity index (χ0v) is 10.8. The second-order valence-corrected chi connectivity index (χ2v) is 6.00. The summed E-state index contributed by atoms with van der Waals surface area (Å²) in [6.07, 6.45) is 10.9. The lowest BCUT2D eigenvalue weighted by molar-refractivity contribution is 1.46. The van der Waals surface area contributed by atoms with Gasteiger partial charge in [0.2, 0.25) is 0 Å². The summed E-state index contributed by atoms with van der Waals surface area (Å²) >= 11 is 0.107. The Labute approximate surface area is 101 Å². The first-order chi connectivity index (χ1) is 7.34. The van der Waals surface area contributed by atoms with E-state index in [1.807, 2.05) is 0 Å². The molecule has 15 heavy (non-hydrogen) atoms. The Hall–Kier alpha value is -0.960. The van der Waals surface area contributed by atoms with E-state index in [0.717, 1.165) is 0 Å². The molecule has 0 N–H and O–H groups in total. The summed E-state index contributed by atoms with van der Waals surface area (Å²) in [7, 11) is 0. The zero-order valence-electron chi connectivity index (χ0n) is 8.65. The van der Waals surface area contributed by atoms with E-state index in [2.05, 4.69) is 65.7 Å². The molecule has 0 radical (unpaired) electrons. The summed E-state index contributed by atoms with van der Waals surface area (Å²) in [6, 6.07) is 8.62. The molecule has 2 rings (SSSR count). The molecular weight excluding hydrogens is 295 g/mol. The zero-order chi connectivity index (χ0) is 10.5. The van der Waals surface area contributed by atoms with Crippen LogP contribution in [0.5, 0.6) is 0 Å². The van der Waals surface area contributed by atoms with Crippen LogP contribution in [0.2, 0.25) is 0 Å². The minimum atomic E-state index is 0.107. The smallest absolute Gasteiger partial charge is 0.00771 e. The van der Waals surface area contributed by atoms with Crippen molar-refractivity contribution in [1.82, 2.24) is 0 Å². The van der Waals surface area contributed by atoms with Gasteiger partial charge in [0.25, 0.3) is 0 Å². The molecule has 1 aliphatic heterocycles. The van der Waals surface area contributed by atoms with Crippen LogP contribution >= 0.6 is 20.7 Å². The van der Waals surface area contributed by atoms with Crippen LogP contribution in [0.15, 0.2) is 52.7 Å². The monoisotopic (exact) mass is 308 g/mol. The van der Waals surface area contributed by atoms with Gasteiger partial charge < -0.3 is 0 Å². The van der Waals surface area contributed by atoms with Crippen LogP contribution in [0.1, 0.15) is 11.1 Å². The second-order valence-electron chi connectivity index (χ2n) is 3.42. The Balaban J connectivity index is 2.11. The molecule has 0 aromatic heterocycles. The molecule has 0 amide bonds. The van der Waals surface area contributed by atoms with Gasteiger partial charge in [0.1, 0.15) is 0 Å². The normalized spacial score (nSPS) is 15.1. The van der Waals surface area contributed by atoms with E-state index in [-0.39, 0.29) is 20.7 Å². The second kappa shape index (κ2) is 5.21. The lowest BCUT2D eigenvalue weighted by atomic mass is 10.1. The number of halogens is 1. The van der Waals surface area contributed by atoms with Gasteiger partial charge >= 0.3 is 0 Å². The average Bonchev–Trinajstić information content (AvgIpc) is 2.30. The van der Waals surface area contributed by atoms with E-state index in [1.54, 1.807) is 0 Å². The quantitative estimate of drug-likeness (QED) is 0.717.